The lowest BCUT2D eigenvalue weighted by Gasteiger charge is -2.19. The van der Waals surface area contributed by atoms with Crippen LogP contribution in [0.4, 0.5) is 0 Å². The van der Waals surface area contributed by atoms with Crippen LogP contribution < -0.4 is 14.2 Å². The average Bonchev–Trinajstić information content (AvgIpc) is 3.29. The zero-order valence-corrected chi connectivity index (χ0v) is 21.9. The third kappa shape index (κ3) is 7.82. The molecule has 0 amide bonds. The van der Waals surface area contributed by atoms with Gasteiger partial charge < -0.3 is 19.0 Å². The van der Waals surface area contributed by atoms with E-state index in [0.717, 1.165) is 65.3 Å². The molecular formula is C29H41NO4. The van der Waals surface area contributed by atoms with Crippen molar-refractivity contribution in [2.45, 2.75) is 79.4 Å². The maximum Gasteiger partial charge on any atom is 0.125 e. The number of hydrogen-bond donors (Lipinski definition) is 0. The molecule has 0 heterocycles. The summed E-state index contributed by atoms with van der Waals surface area (Å²) < 4.78 is 18.4. The standard InChI is InChI=1S/C27H35NO4.C2H6/c1-6-8-15-30-25-16-19(3)27(20(4)17-25)32-24-14-13-23(18-24)31-22-11-9-21(10-12-22)26(7-2)28-29-5;1-2/h6,8-12,16-17,23-24H,7,13-15,18H2,1-5H3;1-2H3/b8-6+,28-26-;. The second-order valence-electron chi connectivity index (χ2n) is 8.16. The molecule has 0 bridgehead atoms. The summed E-state index contributed by atoms with van der Waals surface area (Å²) >= 11 is 0. The second-order valence-corrected chi connectivity index (χ2v) is 8.16. The number of allylic oxidation sites excluding steroid dienone is 1. The Hall–Kier alpha value is -2.95. The molecule has 34 heavy (non-hydrogen) atoms. The lowest BCUT2D eigenvalue weighted by molar-refractivity contribution is 0.164. The average molecular weight is 468 g/mol. The summed E-state index contributed by atoms with van der Waals surface area (Å²) in [6, 6.07) is 12.2. The monoisotopic (exact) mass is 467 g/mol. The third-order valence-electron chi connectivity index (χ3n) is 5.66. The van der Waals surface area contributed by atoms with Crippen LogP contribution in [0.5, 0.6) is 17.2 Å². The lowest BCUT2D eigenvalue weighted by Crippen LogP contribution is -2.18. The Kier molecular flexibility index (Phi) is 11.5. The fourth-order valence-electron chi connectivity index (χ4n) is 4.05. The number of nitrogens with zero attached hydrogens (tertiary/aromatic N) is 1. The molecule has 5 heteroatoms. The second kappa shape index (κ2) is 14.3. The molecule has 0 spiro atoms. The van der Waals surface area contributed by atoms with Gasteiger partial charge in [0.2, 0.25) is 0 Å². The number of benzene rings is 2. The van der Waals surface area contributed by atoms with E-state index >= 15 is 0 Å². The van der Waals surface area contributed by atoms with Gasteiger partial charge in [-0.2, -0.15) is 0 Å². The molecule has 0 aromatic heterocycles. The summed E-state index contributed by atoms with van der Waals surface area (Å²) in [5.41, 5.74) is 4.19. The minimum atomic E-state index is 0.159. The number of rotatable bonds is 10. The van der Waals surface area contributed by atoms with Crippen molar-refractivity contribution in [3.05, 3.63) is 65.2 Å². The highest BCUT2D eigenvalue weighted by atomic mass is 16.6. The van der Waals surface area contributed by atoms with Crippen LogP contribution in [-0.2, 0) is 4.84 Å². The summed E-state index contributed by atoms with van der Waals surface area (Å²) in [6.07, 6.45) is 7.98. The quantitative estimate of drug-likeness (QED) is 0.207. The Morgan fingerprint density at radius 1 is 0.971 bits per heavy atom. The van der Waals surface area contributed by atoms with Crippen molar-refractivity contribution < 1.29 is 19.0 Å². The van der Waals surface area contributed by atoms with E-state index in [-0.39, 0.29) is 12.2 Å². The fourth-order valence-corrected chi connectivity index (χ4v) is 4.05. The predicted molar refractivity (Wildman–Crippen MR) is 141 cm³/mol. The van der Waals surface area contributed by atoms with Crippen molar-refractivity contribution in [2.24, 2.45) is 5.16 Å². The predicted octanol–water partition coefficient (Wildman–Crippen LogP) is 7.42. The molecule has 1 fully saturated rings. The van der Waals surface area contributed by atoms with Crippen molar-refractivity contribution in [3.63, 3.8) is 0 Å². The Labute approximate surface area is 205 Å². The molecule has 0 N–H and O–H groups in total. The largest absolute Gasteiger partial charge is 0.490 e. The normalized spacial score (nSPS) is 17.8. The van der Waals surface area contributed by atoms with E-state index in [1.165, 1.54) is 0 Å². The van der Waals surface area contributed by atoms with Gasteiger partial charge in [-0.15, -0.1) is 0 Å². The van der Waals surface area contributed by atoms with E-state index < -0.39 is 0 Å². The summed E-state index contributed by atoms with van der Waals surface area (Å²) in [5, 5.41) is 4.08. The third-order valence-corrected chi connectivity index (χ3v) is 5.66. The Balaban J connectivity index is 0.00000199. The Bertz CT molecular complexity index is 911. The van der Waals surface area contributed by atoms with Gasteiger partial charge in [-0.25, -0.2) is 0 Å². The van der Waals surface area contributed by atoms with Crippen molar-refractivity contribution in [1.82, 2.24) is 0 Å². The Morgan fingerprint density at radius 3 is 2.15 bits per heavy atom. The topological polar surface area (TPSA) is 49.3 Å². The van der Waals surface area contributed by atoms with Gasteiger partial charge >= 0.3 is 0 Å². The highest BCUT2D eigenvalue weighted by molar-refractivity contribution is 6.00. The van der Waals surface area contributed by atoms with Crippen LogP contribution in [0.1, 0.15) is 70.1 Å². The number of aryl methyl sites for hydroxylation is 2. The summed E-state index contributed by atoms with van der Waals surface area (Å²) in [7, 11) is 1.57. The minimum Gasteiger partial charge on any atom is -0.490 e. The minimum absolute atomic E-state index is 0.159. The van der Waals surface area contributed by atoms with Crippen LogP contribution in [0.3, 0.4) is 0 Å². The molecular weight excluding hydrogens is 426 g/mol. The molecule has 2 unspecified atom stereocenters. The fraction of sp³-hybridized carbons (Fsp3) is 0.483. The number of ether oxygens (including phenoxy) is 3. The maximum absolute atomic E-state index is 6.40. The summed E-state index contributed by atoms with van der Waals surface area (Å²) in [4.78, 5) is 4.93. The van der Waals surface area contributed by atoms with E-state index in [0.29, 0.717) is 6.61 Å². The highest BCUT2D eigenvalue weighted by Gasteiger charge is 2.28. The number of hydrogen-bond acceptors (Lipinski definition) is 5. The van der Waals surface area contributed by atoms with Crippen LogP contribution in [0, 0.1) is 13.8 Å². The first kappa shape index (κ1) is 27.3. The van der Waals surface area contributed by atoms with E-state index in [4.69, 9.17) is 19.0 Å². The van der Waals surface area contributed by atoms with Gasteiger partial charge in [0.05, 0.1) is 5.71 Å². The Morgan fingerprint density at radius 2 is 1.59 bits per heavy atom. The van der Waals surface area contributed by atoms with Crippen molar-refractivity contribution in [3.8, 4) is 17.2 Å². The van der Waals surface area contributed by atoms with E-state index in [9.17, 15) is 0 Å². The van der Waals surface area contributed by atoms with E-state index in [2.05, 4.69) is 25.9 Å². The van der Waals surface area contributed by atoms with Crippen molar-refractivity contribution >= 4 is 5.71 Å². The maximum atomic E-state index is 6.40. The van der Waals surface area contributed by atoms with Gasteiger partial charge in [-0.1, -0.05) is 38.1 Å². The highest BCUT2D eigenvalue weighted by Crippen LogP contribution is 2.33. The molecule has 0 radical (unpaired) electrons. The van der Waals surface area contributed by atoms with Crippen LogP contribution in [0.25, 0.3) is 0 Å². The summed E-state index contributed by atoms with van der Waals surface area (Å²) in [5.74, 6) is 2.72. The molecule has 1 aliphatic rings. The summed E-state index contributed by atoms with van der Waals surface area (Å²) in [6.45, 7) is 12.8. The molecule has 5 nitrogen and oxygen atoms in total. The molecule has 3 rings (SSSR count). The van der Waals surface area contributed by atoms with Gasteiger partial charge in [0, 0.05) is 6.42 Å². The molecule has 2 atom stereocenters. The smallest absolute Gasteiger partial charge is 0.125 e. The molecule has 2 aromatic carbocycles. The van der Waals surface area contributed by atoms with Crippen LogP contribution >= 0.6 is 0 Å². The van der Waals surface area contributed by atoms with Gasteiger partial charge in [0.25, 0.3) is 0 Å². The number of oxime groups is 1. The van der Waals surface area contributed by atoms with Crippen LogP contribution in [0.2, 0.25) is 0 Å². The first-order chi connectivity index (χ1) is 16.5. The van der Waals surface area contributed by atoms with Gasteiger partial charge in [0.15, 0.2) is 0 Å². The molecule has 1 aliphatic carbocycles. The SMILES string of the molecule is C/C=C/COc1cc(C)c(OC2CCC(Oc3ccc(/C(CC)=N\OC)cc3)C2)c(C)c1.CC. The van der Waals surface area contributed by atoms with Crippen molar-refractivity contribution in [1.29, 1.82) is 0 Å². The zero-order chi connectivity index (χ0) is 24.9. The lowest BCUT2D eigenvalue weighted by atomic mass is 10.1. The van der Waals surface area contributed by atoms with Gasteiger partial charge in [0.1, 0.15) is 43.2 Å². The van der Waals surface area contributed by atoms with E-state index in [1.54, 1.807) is 7.11 Å². The molecule has 0 saturated heterocycles. The molecule has 2 aromatic rings. The van der Waals surface area contributed by atoms with Crippen molar-refractivity contribution in [2.75, 3.05) is 13.7 Å². The molecule has 0 aliphatic heterocycles. The first-order valence-electron chi connectivity index (χ1n) is 12.4. The molecule has 1 saturated carbocycles. The molecule has 186 valence electrons. The zero-order valence-electron chi connectivity index (χ0n) is 21.9. The van der Waals surface area contributed by atoms with Crippen LogP contribution in [0.15, 0.2) is 53.7 Å². The first-order valence-corrected chi connectivity index (χ1v) is 12.4. The van der Waals surface area contributed by atoms with Gasteiger partial charge in [-0.05, 0) is 93.1 Å². The van der Waals surface area contributed by atoms with Crippen LogP contribution in [-0.4, -0.2) is 31.6 Å². The van der Waals surface area contributed by atoms with Gasteiger partial charge in [-0.3, -0.25) is 0 Å². The van der Waals surface area contributed by atoms with E-state index in [1.807, 2.05) is 69.3 Å².